The van der Waals surface area contributed by atoms with Crippen LogP contribution < -0.4 is 5.73 Å². The molecule has 16 heavy (non-hydrogen) atoms. The smallest absolute Gasteiger partial charge is 0.341 e. The Morgan fingerprint density at radius 2 is 1.50 bits per heavy atom. The number of hydrogen-bond acceptors (Lipinski definition) is 6. The van der Waals surface area contributed by atoms with Crippen LogP contribution in [0, 0.1) is 0 Å². The number of benzene rings is 1. The number of nitrogen functional groups attached to an aromatic ring is 1. The van der Waals surface area contributed by atoms with E-state index in [1.165, 1.54) is 12.1 Å². The minimum Gasteiger partial charge on any atom is -0.506 e. The Bertz CT molecular complexity index is 404. The van der Waals surface area contributed by atoms with Crippen molar-refractivity contribution in [3.8, 4) is 5.75 Å². The van der Waals surface area contributed by atoms with Crippen molar-refractivity contribution in [3.05, 3.63) is 23.3 Å². The van der Waals surface area contributed by atoms with Gasteiger partial charge < -0.3 is 20.3 Å². The van der Waals surface area contributed by atoms with Crippen LogP contribution in [0.4, 0.5) is 5.69 Å². The van der Waals surface area contributed by atoms with Gasteiger partial charge in [-0.2, -0.15) is 0 Å². The topological polar surface area (TPSA) is 98.9 Å². The molecule has 0 radical (unpaired) electrons. The molecular formula is C10H11NO5. The summed E-state index contributed by atoms with van der Waals surface area (Å²) in [6, 6.07) is 2.43. The maximum absolute atomic E-state index is 11.3. The number of rotatable bonds is 2. The van der Waals surface area contributed by atoms with Crippen LogP contribution in [-0.2, 0) is 9.47 Å². The van der Waals surface area contributed by atoms with Gasteiger partial charge in [0, 0.05) is 5.69 Å². The summed E-state index contributed by atoms with van der Waals surface area (Å²) in [6.07, 6.45) is 0. The van der Waals surface area contributed by atoms with Crippen LogP contribution in [0.2, 0.25) is 0 Å². The van der Waals surface area contributed by atoms with Gasteiger partial charge >= 0.3 is 11.9 Å². The average Bonchev–Trinajstić information content (AvgIpc) is 2.29. The Kier molecular flexibility index (Phi) is 3.34. The maximum atomic E-state index is 11.3. The van der Waals surface area contributed by atoms with E-state index in [0.29, 0.717) is 0 Å². The number of carbonyl (C=O) groups excluding carboxylic acids is 2. The lowest BCUT2D eigenvalue weighted by atomic mass is 10.1. The summed E-state index contributed by atoms with van der Waals surface area (Å²) in [5.74, 6) is -2.07. The van der Waals surface area contributed by atoms with Crippen molar-refractivity contribution in [1.29, 1.82) is 0 Å². The van der Waals surface area contributed by atoms with Crippen molar-refractivity contribution in [1.82, 2.24) is 0 Å². The molecule has 0 saturated heterocycles. The third-order valence-electron chi connectivity index (χ3n) is 1.94. The number of carbonyl (C=O) groups is 2. The molecule has 1 rings (SSSR count). The molecule has 6 heteroatoms. The van der Waals surface area contributed by atoms with E-state index in [2.05, 4.69) is 9.47 Å². The van der Waals surface area contributed by atoms with Crippen molar-refractivity contribution >= 4 is 17.6 Å². The second-order valence-electron chi connectivity index (χ2n) is 2.95. The van der Waals surface area contributed by atoms with Gasteiger partial charge in [-0.1, -0.05) is 0 Å². The fourth-order valence-corrected chi connectivity index (χ4v) is 1.19. The molecule has 0 spiro atoms. The van der Waals surface area contributed by atoms with Crippen molar-refractivity contribution < 1.29 is 24.2 Å². The van der Waals surface area contributed by atoms with Gasteiger partial charge in [-0.3, -0.25) is 0 Å². The standard InChI is InChI=1S/C10H11NO5/c1-15-9(13)6-3-5(11)4-7(8(6)12)10(14)16-2/h3-4,12H,11H2,1-2H3. The molecule has 1 aromatic rings. The Balaban J connectivity index is 3.37. The Hall–Kier alpha value is -2.24. The minimum absolute atomic E-state index is 0.151. The van der Waals surface area contributed by atoms with E-state index >= 15 is 0 Å². The summed E-state index contributed by atoms with van der Waals surface area (Å²) in [5, 5.41) is 9.66. The van der Waals surface area contributed by atoms with Crippen LogP contribution in [0.15, 0.2) is 12.1 Å². The Morgan fingerprint density at radius 3 is 1.81 bits per heavy atom. The Morgan fingerprint density at radius 1 is 1.12 bits per heavy atom. The minimum atomic E-state index is -0.782. The first kappa shape index (κ1) is 11.8. The summed E-state index contributed by atoms with van der Waals surface area (Å²) in [6.45, 7) is 0. The highest BCUT2D eigenvalue weighted by atomic mass is 16.5. The van der Waals surface area contributed by atoms with Gasteiger partial charge in [0.1, 0.15) is 16.9 Å². The molecule has 0 atom stereocenters. The number of esters is 2. The monoisotopic (exact) mass is 225 g/mol. The van der Waals surface area contributed by atoms with Gasteiger partial charge in [0.25, 0.3) is 0 Å². The van der Waals surface area contributed by atoms with Crippen LogP contribution in [0.3, 0.4) is 0 Å². The van der Waals surface area contributed by atoms with Crippen molar-refractivity contribution in [2.24, 2.45) is 0 Å². The molecule has 0 bridgehead atoms. The molecule has 6 nitrogen and oxygen atoms in total. The third kappa shape index (κ3) is 2.05. The molecule has 1 aromatic carbocycles. The maximum Gasteiger partial charge on any atom is 0.341 e. The van der Waals surface area contributed by atoms with E-state index in [1.807, 2.05) is 0 Å². The highest BCUT2D eigenvalue weighted by Gasteiger charge is 2.20. The van der Waals surface area contributed by atoms with E-state index in [9.17, 15) is 14.7 Å². The number of anilines is 1. The van der Waals surface area contributed by atoms with Gasteiger partial charge in [0.05, 0.1) is 14.2 Å². The number of nitrogens with two attached hydrogens (primary N) is 1. The van der Waals surface area contributed by atoms with Gasteiger partial charge in [-0.25, -0.2) is 9.59 Å². The van der Waals surface area contributed by atoms with E-state index in [4.69, 9.17) is 5.73 Å². The summed E-state index contributed by atoms with van der Waals surface area (Å²) in [7, 11) is 2.31. The number of methoxy groups -OCH3 is 2. The van der Waals surface area contributed by atoms with E-state index < -0.39 is 17.7 Å². The van der Waals surface area contributed by atoms with E-state index in [-0.39, 0.29) is 16.8 Å². The molecule has 0 heterocycles. The Labute approximate surface area is 91.6 Å². The molecule has 0 amide bonds. The fraction of sp³-hybridized carbons (Fsp3) is 0.200. The van der Waals surface area contributed by atoms with Crippen LogP contribution in [0.1, 0.15) is 20.7 Å². The fourth-order valence-electron chi connectivity index (χ4n) is 1.19. The van der Waals surface area contributed by atoms with Crippen LogP contribution in [0.5, 0.6) is 5.75 Å². The molecule has 3 N–H and O–H groups in total. The lowest BCUT2D eigenvalue weighted by Crippen LogP contribution is -2.08. The summed E-state index contributed by atoms with van der Waals surface area (Å²) in [4.78, 5) is 22.5. The molecular weight excluding hydrogens is 214 g/mol. The number of phenols is 1. The largest absolute Gasteiger partial charge is 0.506 e. The molecule has 0 saturated carbocycles. The molecule has 0 aromatic heterocycles. The average molecular weight is 225 g/mol. The molecule has 0 fully saturated rings. The first-order valence-corrected chi connectivity index (χ1v) is 4.30. The van der Waals surface area contributed by atoms with Gasteiger partial charge in [-0.05, 0) is 12.1 Å². The van der Waals surface area contributed by atoms with Crippen LogP contribution in [0.25, 0.3) is 0 Å². The number of aromatic hydroxyl groups is 1. The summed E-state index contributed by atoms with van der Waals surface area (Å²) < 4.78 is 8.87. The number of hydrogen-bond donors (Lipinski definition) is 2. The predicted molar refractivity (Wildman–Crippen MR) is 55.2 cm³/mol. The van der Waals surface area contributed by atoms with Gasteiger partial charge in [-0.15, -0.1) is 0 Å². The van der Waals surface area contributed by atoms with Crippen molar-refractivity contribution in [3.63, 3.8) is 0 Å². The quantitative estimate of drug-likeness (QED) is 0.433. The van der Waals surface area contributed by atoms with Crippen LogP contribution >= 0.6 is 0 Å². The first-order valence-electron chi connectivity index (χ1n) is 4.30. The summed E-state index contributed by atoms with van der Waals surface area (Å²) in [5.41, 5.74) is 5.28. The molecule has 0 aliphatic carbocycles. The zero-order chi connectivity index (χ0) is 12.3. The molecule has 0 unspecified atom stereocenters. The van der Waals surface area contributed by atoms with Crippen molar-refractivity contribution in [2.75, 3.05) is 20.0 Å². The van der Waals surface area contributed by atoms with E-state index in [1.54, 1.807) is 0 Å². The second-order valence-corrected chi connectivity index (χ2v) is 2.95. The summed E-state index contributed by atoms with van der Waals surface area (Å²) >= 11 is 0. The molecule has 0 aliphatic rings. The highest BCUT2D eigenvalue weighted by molar-refractivity contribution is 6.01. The SMILES string of the molecule is COC(=O)c1cc(N)cc(C(=O)OC)c1O. The highest BCUT2D eigenvalue weighted by Crippen LogP contribution is 2.27. The third-order valence-corrected chi connectivity index (χ3v) is 1.94. The molecule has 86 valence electrons. The van der Waals surface area contributed by atoms with Crippen LogP contribution in [-0.4, -0.2) is 31.3 Å². The van der Waals surface area contributed by atoms with Gasteiger partial charge in [0.2, 0.25) is 0 Å². The first-order chi connectivity index (χ1) is 7.51. The lowest BCUT2D eigenvalue weighted by Gasteiger charge is -2.08. The lowest BCUT2D eigenvalue weighted by molar-refractivity contribution is 0.0593. The van der Waals surface area contributed by atoms with Crippen molar-refractivity contribution in [2.45, 2.75) is 0 Å². The van der Waals surface area contributed by atoms with Gasteiger partial charge in [0.15, 0.2) is 0 Å². The zero-order valence-electron chi connectivity index (χ0n) is 8.81. The molecule has 0 aliphatic heterocycles. The zero-order valence-corrected chi connectivity index (χ0v) is 8.81. The number of ether oxygens (including phenoxy) is 2. The van der Waals surface area contributed by atoms with E-state index in [0.717, 1.165) is 14.2 Å². The second kappa shape index (κ2) is 4.52. The predicted octanol–water partition coefficient (Wildman–Crippen LogP) is 0.548. The normalized spacial score (nSPS) is 9.62. The number of phenolic OH excluding ortho intramolecular Hbond substituents is 1.